The van der Waals surface area contributed by atoms with E-state index in [4.69, 9.17) is 27.9 Å². The van der Waals surface area contributed by atoms with E-state index in [-0.39, 0.29) is 16.7 Å². The van der Waals surface area contributed by atoms with Crippen LogP contribution in [0.4, 0.5) is 5.00 Å². The number of hydrogen-bond acceptors (Lipinski definition) is 6. The fourth-order valence-electron chi connectivity index (χ4n) is 2.13. The maximum Gasteiger partial charge on any atom is 0.342 e. The summed E-state index contributed by atoms with van der Waals surface area (Å²) in [6.45, 7) is 3.39. The number of esters is 1. The van der Waals surface area contributed by atoms with E-state index in [0.717, 1.165) is 17.4 Å². The van der Waals surface area contributed by atoms with Crippen LogP contribution < -0.4 is 10.4 Å². The molecule has 0 aliphatic rings. The zero-order valence-electron chi connectivity index (χ0n) is 14.2. The van der Waals surface area contributed by atoms with Crippen LogP contribution in [0.5, 0.6) is 0 Å². The molecule has 6 nitrogen and oxygen atoms in total. The summed E-state index contributed by atoms with van der Waals surface area (Å²) in [4.78, 5) is 34.9. The second-order valence-electron chi connectivity index (χ2n) is 5.57. The molecule has 0 radical (unpaired) electrons. The zero-order valence-corrected chi connectivity index (χ0v) is 16.6. The van der Waals surface area contributed by atoms with Crippen molar-refractivity contribution in [2.75, 3.05) is 5.32 Å². The van der Waals surface area contributed by atoms with E-state index in [1.165, 1.54) is 6.07 Å². The third-order valence-corrected chi connectivity index (χ3v) is 4.61. The molecule has 1 aromatic heterocycles. The molecule has 0 saturated heterocycles. The highest BCUT2D eigenvalue weighted by atomic mass is 35.5. The molecule has 0 bridgehead atoms. The summed E-state index contributed by atoms with van der Waals surface area (Å²) in [7, 11) is 0. The van der Waals surface area contributed by atoms with Gasteiger partial charge in [-0.05, 0) is 32.1 Å². The highest BCUT2D eigenvalue weighted by molar-refractivity contribution is 7.15. The average molecular weight is 427 g/mol. The summed E-state index contributed by atoms with van der Waals surface area (Å²) >= 11 is 13.2. The van der Waals surface area contributed by atoms with E-state index in [1.54, 1.807) is 31.4 Å². The van der Waals surface area contributed by atoms with Gasteiger partial charge in [0.2, 0.25) is 5.91 Å². The summed E-state index contributed by atoms with van der Waals surface area (Å²) in [6, 6.07) is 4.81. The van der Waals surface area contributed by atoms with Crippen molar-refractivity contribution < 1.29 is 24.2 Å². The van der Waals surface area contributed by atoms with Crippen molar-refractivity contribution >= 4 is 57.4 Å². The molecule has 2 aromatic rings. The first kappa shape index (κ1) is 21.0. The molecule has 0 aliphatic carbocycles. The molecule has 1 aromatic carbocycles. The second-order valence-corrected chi connectivity index (χ2v) is 7.30. The number of carboxylic acid groups (broad SMARTS) is 1. The standard InChI is InChI=1S/C18H15Cl2NO5S/c1-9(2)26-18(25)16-12(11-4-3-10(19)7-13(11)20)8-27-17(16)21-14(22)5-6-15(23)24/h3-9H,1-2H3,(H,21,22)(H,23,24)/p-1. The van der Waals surface area contributed by atoms with Gasteiger partial charge in [0, 0.05) is 32.6 Å². The van der Waals surface area contributed by atoms with Crippen molar-refractivity contribution in [1.82, 2.24) is 0 Å². The highest BCUT2D eigenvalue weighted by Gasteiger charge is 2.24. The molecule has 0 spiro atoms. The fourth-order valence-corrected chi connectivity index (χ4v) is 3.59. The highest BCUT2D eigenvalue weighted by Crippen LogP contribution is 2.40. The maximum absolute atomic E-state index is 12.6. The Morgan fingerprint density at radius 1 is 1.19 bits per heavy atom. The quantitative estimate of drug-likeness (QED) is 0.562. The topological polar surface area (TPSA) is 95.5 Å². The van der Waals surface area contributed by atoms with Crippen LogP contribution in [0.1, 0.15) is 24.2 Å². The van der Waals surface area contributed by atoms with Crippen LogP contribution in [-0.2, 0) is 14.3 Å². The molecule has 142 valence electrons. The molecule has 0 unspecified atom stereocenters. The molecule has 27 heavy (non-hydrogen) atoms. The van der Waals surface area contributed by atoms with Crippen molar-refractivity contribution in [2.24, 2.45) is 0 Å². The Morgan fingerprint density at radius 2 is 1.89 bits per heavy atom. The molecule has 0 atom stereocenters. The van der Waals surface area contributed by atoms with E-state index in [0.29, 0.717) is 27.2 Å². The molecule has 2 rings (SSSR count). The van der Waals surface area contributed by atoms with Gasteiger partial charge in [0.25, 0.3) is 0 Å². The van der Waals surface area contributed by atoms with E-state index in [1.807, 2.05) is 0 Å². The second kappa shape index (κ2) is 9.03. The van der Waals surface area contributed by atoms with Crippen molar-refractivity contribution in [3.63, 3.8) is 0 Å². The first-order valence-electron chi connectivity index (χ1n) is 7.67. The molecule has 0 fully saturated rings. The number of thiophene rings is 1. The fraction of sp³-hybridized carbons (Fsp3) is 0.167. The third-order valence-electron chi connectivity index (χ3n) is 3.17. The van der Waals surface area contributed by atoms with E-state index in [2.05, 4.69) is 5.32 Å². The third kappa shape index (κ3) is 5.56. The number of rotatable bonds is 6. The predicted octanol–water partition coefficient (Wildman–Crippen LogP) is 3.53. The lowest BCUT2D eigenvalue weighted by atomic mass is 10.0. The van der Waals surface area contributed by atoms with Crippen molar-refractivity contribution in [3.8, 4) is 11.1 Å². The normalized spacial score (nSPS) is 11.0. The Bertz CT molecular complexity index is 920. The summed E-state index contributed by atoms with van der Waals surface area (Å²) < 4.78 is 5.27. The zero-order chi connectivity index (χ0) is 20.1. The molecule has 1 heterocycles. The van der Waals surface area contributed by atoms with Gasteiger partial charge in [-0.15, -0.1) is 11.3 Å². The smallest absolute Gasteiger partial charge is 0.342 e. The largest absolute Gasteiger partial charge is 0.545 e. The number of ether oxygens (including phenoxy) is 1. The Balaban J connectivity index is 2.48. The number of aliphatic carboxylic acids is 1. The van der Waals surface area contributed by atoms with Crippen LogP contribution in [-0.4, -0.2) is 23.9 Å². The van der Waals surface area contributed by atoms with Gasteiger partial charge in [-0.3, -0.25) is 4.79 Å². The number of carbonyl (C=O) groups excluding carboxylic acids is 3. The van der Waals surface area contributed by atoms with Crippen LogP contribution in [0.15, 0.2) is 35.7 Å². The van der Waals surface area contributed by atoms with E-state index >= 15 is 0 Å². The van der Waals surface area contributed by atoms with Gasteiger partial charge in [-0.1, -0.05) is 29.3 Å². The first-order valence-corrected chi connectivity index (χ1v) is 9.30. The lowest BCUT2D eigenvalue weighted by molar-refractivity contribution is -0.297. The van der Waals surface area contributed by atoms with Gasteiger partial charge >= 0.3 is 5.97 Å². The molecule has 0 saturated carbocycles. The first-order chi connectivity index (χ1) is 12.7. The molecule has 1 amide bonds. The van der Waals surface area contributed by atoms with Gasteiger partial charge in [-0.25, -0.2) is 4.79 Å². The summed E-state index contributed by atoms with van der Waals surface area (Å²) in [5, 5.41) is 15.5. The number of amides is 1. The SMILES string of the molecule is CC(C)OC(=O)c1c(-c2ccc(Cl)cc2Cl)csc1NC(=O)C=CC(=O)[O-]. The number of halogens is 2. The van der Waals surface area contributed by atoms with Crippen molar-refractivity contribution in [1.29, 1.82) is 0 Å². The monoisotopic (exact) mass is 426 g/mol. The minimum atomic E-state index is -1.51. The van der Waals surface area contributed by atoms with Gasteiger partial charge < -0.3 is 20.0 Å². The van der Waals surface area contributed by atoms with Gasteiger partial charge in [0.05, 0.1) is 12.1 Å². The van der Waals surface area contributed by atoms with Gasteiger partial charge in [-0.2, -0.15) is 0 Å². The van der Waals surface area contributed by atoms with Crippen LogP contribution >= 0.6 is 34.5 Å². The molecule has 9 heteroatoms. The molecule has 1 N–H and O–H groups in total. The molecular weight excluding hydrogens is 413 g/mol. The number of nitrogens with one attached hydrogen (secondary N) is 1. The summed E-state index contributed by atoms with van der Waals surface area (Å²) in [5.41, 5.74) is 1.12. The average Bonchev–Trinajstić information content (AvgIpc) is 2.95. The van der Waals surface area contributed by atoms with Crippen LogP contribution in [0.2, 0.25) is 10.0 Å². The number of hydrogen-bond donors (Lipinski definition) is 1. The van der Waals surface area contributed by atoms with Crippen molar-refractivity contribution in [2.45, 2.75) is 20.0 Å². The number of carboxylic acids is 1. The molecular formula is C18H14Cl2NO5S-. The summed E-state index contributed by atoms with van der Waals surface area (Å²) in [6.07, 6.45) is 1.00. The number of benzene rings is 1. The van der Waals surface area contributed by atoms with Crippen LogP contribution in [0, 0.1) is 0 Å². The van der Waals surface area contributed by atoms with E-state index in [9.17, 15) is 19.5 Å². The maximum atomic E-state index is 12.6. The molecule has 0 aliphatic heterocycles. The number of carbonyl (C=O) groups is 3. The van der Waals surface area contributed by atoms with Gasteiger partial charge in [0.1, 0.15) is 10.6 Å². The Labute approximate surface area is 169 Å². The Morgan fingerprint density at radius 3 is 2.48 bits per heavy atom. The minimum absolute atomic E-state index is 0.119. The van der Waals surface area contributed by atoms with Crippen LogP contribution in [0.3, 0.4) is 0 Å². The van der Waals surface area contributed by atoms with E-state index < -0.39 is 17.8 Å². The summed E-state index contributed by atoms with van der Waals surface area (Å²) in [5.74, 6) is -2.88. The van der Waals surface area contributed by atoms with Crippen molar-refractivity contribution in [3.05, 3.63) is 51.3 Å². The number of anilines is 1. The Kier molecular flexibility index (Phi) is 7.01. The van der Waals surface area contributed by atoms with Crippen LogP contribution in [0.25, 0.3) is 11.1 Å². The Hall–Kier alpha value is -2.35. The predicted molar refractivity (Wildman–Crippen MR) is 103 cm³/mol. The lowest BCUT2D eigenvalue weighted by Gasteiger charge is -2.12. The minimum Gasteiger partial charge on any atom is -0.545 e. The van der Waals surface area contributed by atoms with Gasteiger partial charge in [0.15, 0.2) is 0 Å². The lowest BCUT2D eigenvalue weighted by Crippen LogP contribution is -2.20.